The molecule has 39 heavy (non-hydrogen) atoms. The molecule has 2 fully saturated rings. The lowest BCUT2D eigenvalue weighted by atomic mass is 9.91. The first-order valence-corrected chi connectivity index (χ1v) is 13.6. The summed E-state index contributed by atoms with van der Waals surface area (Å²) in [7, 11) is 0. The van der Waals surface area contributed by atoms with Crippen LogP contribution in [0.15, 0.2) is 53.7 Å². The van der Waals surface area contributed by atoms with Crippen molar-refractivity contribution in [2.75, 3.05) is 51.3 Å². The number of allylic oxidation sites excluding steroid dienone is 1. The maximum absolute atomic E-state index is 14.8. The number of benzene rings is 2. The second kappa shape index (κ2) is 10.5. The number of carbonyl (C=O) groups excluding carboxylic acids is 2. The summed E-state index contributed by atoms with van der Waals surface area (Å²) in [6.07, 6.45) is 3.50. The van der Waals surface area contributed by atoms with Gasteiger partial charge in [-0.3, -0.25) is 14.5 Å². The van der Waals surface area contributed by atoms with Crippen LogP contribution in [-0.2, 0) is 14.3 Å². The number of nitrogens with zero attached hydrogens (tertiary/aromatic N) is 2. The van der Waals surface area contributed by atoms with Crippen molar-refractivity contribution in [2.24, 2.45) is 5.92 Å². The molecule has 2 aromatic carbocycles. The highest BCUT2D eigenvalue weighted by molar-refractivity contribution is 6.33. The summed E-state index contributed by atoms with van der Waals surface area (Å²) in [6, 6.07) is 9.14. The maximum Gasteiger partial charge on any atom is 0.256 e. The monoisotopic (exact) mass is 534 g/mol. The number of hydrogen-bond acceptors (Lipinski definition) is 5. The van der Waals surface area contributed by atoms with E-state index in [0.29, 0.717) is 28.9 Å². The molecule has 0 spiro atoms. The molecule has 2 unspecified atom stereocenters. The van der Waals surface area contributed by atoms with Gasteiger partial charge in [0.15, 0.2) is 11.6 Å². The molecule has 4 aliphatic heterocycles. The molecule has 0 radical (unpaired) electrons. The summed E-state index contributed by atoms with van der Waals surface area (Å²) in [4.78, 5) is 31.1. The Morgan fingerprint density at radius 2 is 1.79 bits per heavy atom. The third-order valence-corrected chi connectivity index (χ3v) is 8.30. The van der Waals surface area contributed by atoms with Crippen LogP contribution in [0.2, 0.25) is 0 Å². The molecule has 0 saturated carbocycles. The number of rotatable bonds is 5. The van der Waals surface area contributed by atoms with Crippen LogP contribution in [0.5, 0.6) is 0 Å². The maximum atomic E-state index is 14.8. The van der Waals surface area contributed by atoms with E-state index in [1.807, 2.05) is 11.8 Å². The molecule has 9 heteroatoms. The first kappa shape index (κ1) is 25.7. The molecule has 2 aromatic rings. The lowest BCUT2D eigenvalue weighted by molar-refractivity contribution is -0.134. The minimum atomic E-state index is -0.955. The average Bonchev–Trinajstić information content (AvgIpc) is 3.37. The van der Waals surface area contributed by atoms with Crippen LogP contribution in [0.25, 0.3) is 16.7 Å². The normalized spacial score (nSPS) is 24.5. The predicted octanol–water partition coefficient (Wildman–Crippen LogP) is 3.78. The molecular weight excluding hydrogens is 502 g/mol. The van der Waals surface area contributed by atoms with Crippen LogP contribution in [0.3, 0.4) is 0 Å². The predicted molar refractivity (Wildman–Crippen MR) is 145 cm³/mol. The van der Waals surface area contributed by atoms with E-state index < -0.39 is 11.6 Å². The standard InChI is InChI=1S/C30H32F2N4O3/c1-18-25(33-23-9-4-10-36(30(38)26(18)23)12-11-35-13-15-39-16-14-35)17-21-27-19(5-3-8-24(27)34-29(21)37)20-6-2-7-22(31)28(20)32/h2-3,5-8,17,23,26,33H,4,9-16H2,1H3,(H,34,37)/b21-17-. The van der Waals surface area contributed by atoms with Crippen LogP contribution in [0.1, 0.15) is 25.3 Å². The molecule has 0 aromatic heterocycles. The third-order valence-electron chi connectivity index (χ3n) is 8.30. The molecule has 0 aliphatic carbocycles. The van der Waals surface area contributed by atoms with E-state index in [2.05, 4.69) is 15.5 Å². The zero-order valence-electron chi connectivity index (χ0n) is 21.9. The van der Waals surface area contributed by atoms with Gasteiger partial charge in [0.05, 0.1) is 24.7 Å². The molecule has 2 amide bonds. The molecular formula is C30H32F2N4O3. The van der Waals surface area contributed by atoms with Crippen LogP contribution in [0, 0.1) is 17.6 Å². The van der Waals surface area contributed by atoms with Crippen molar-refractivity contribution in [3.05, 3.63) is 70.9 Å². The van der Waals surface area contributed by atoms with E-state index in [4.69, 9.17) is 4.74 Å². The van der Waals surface area contributed by atoms with Crippen LogP contribution in [0.4, 0.5) is 14.5 Å². The molecule has 6 rings (SSSR count). The van der Waals surface area contributed by atoms with Crippen molar-refractivity contribution < 1.29 is 23.1 Å². The number of ether oxygens (including phenoxy) is 1. The molecule has 2 saturated heterocycles. The van der Waals surface area contributed by atoms with Gasteiger partial charge >= 0.3 is 0 Å². The largest absolute Gasteiger partial charge is 0.381 e. The second-order valence-corrected chi connectivity index (χ2v) is 10.6. The molecule has 7 nitrogen and oxygen atoms in total. The van der Waals surface area contributed by atoms with Gasteiger partial charge in [0, 0.05) is 61.3 Å². The van der Waals surface area contributed by atoms with Crippen LogP contribution < -0.4 is 10.6 Å². The lowest BCUT2D eigenvalue weighted by Crippen LogP contribution is -2.45. The second-order valence-electron chi connectivity index (χ2n) is 10.6. The van der Waals surface area contributed by atoms with Crippen molar-refractivity contribution in [3.8, 4) is 11.1 Å². The Morgan fingerprint density at radius 1 is 1.03 bits per heavy atom. The highest BCUT2D eigenvalue weighted by Crippen LogP contribution is 2.42. The van der Waals surface area contributed by atoms with Gasteiger partial charge in [0.2, 0.25) is 5.91 Å². The summed E-state index contributed by atoms with van der Waals surface area (Å²) in [5.74, 6) is -2.40. The van der Waals surface area contributed by atoms with Gasteiger partial charge in [0.1, 0.15) is 0 Å². The lowest BCUT2D eigenvalue weighted by Gasteiger charge is -2.30. The van der Waals surface area contributed by atoms with Gasteiger partial charge in [0.25, 0.3) is 5.91 Å². The fourth-order valence-electron chi connectivity index (χ4n) is 6.20. The fraction of sp³-hybridized carbons (Fsp3) is 0.400. The van der Waals surface area contributed by atoms with Crippen LogP contribution >= 0.6 is 0 Å². The quantitative estimate of drug-likeness (QED) is 0.572. The Balaban J connectivity index is 1.30. The van der Waals surface area contributed by atoms with E-state index >= 15 is 0 Å². The molecule has 2 atom stereocenters. The molecule has 0 bridgehead atoms. The number of carbonyl (C=O) groups is 2. The summed E-state index contributed by atoms with van der Waals surface area (Å²) in [5, 5.41) is 6.37. The van der Waals surface area contributed by atoms with Gasteiger partial charge in [-0.2, -0.15) is 0 Å². The number of hydrogen-bond donors (Lipinski definition) is 2. The number of anilines is 1. The Kier molecular flexibility index (Phi) is 6.95. The number of nitrogens with one attached hydrogen (secondary N) is 2. The first-order chi connectivity index (χ1) is 18.9. The minimum Gasteiger partial charge on any atom is -0.381 e. The van der Waals surface area contributed by atoms with Crippen molar-refractivity contribution >= 4 is 23.1 Å². The summed E-state index contributed by atoms with van der Waals surface area (Å²) in [5.41, 5.74) is 3.59. The topological polar surface area (TPSA) is 73.9 Å². The highest BCUT2D eigenvalue weighted by Gasteiger charge is 2.41. The third kappa shape index (κ3) is 4.74. The van der Waals surface area contributed by atoms with Gasteiger partial charge in [-0.05, 0) is 49.1 Å². The fourth-order valence-corrected chi connectivity index (χ4v) is 6.20. The van der Waals surface area contributed by atoms with Crippen molar-refractivity contribution in [3.63, 3.8) is 0 Å². The van der Waals surface area contributed by atoms with Gasteiger partial charge in [-0.25, -0.2) is 8.78 Å². The first-order valence-electron chi connectivity index (χ1n) is 13.6. The molecule has 4 aliphatic rings. The Labute approximate surface area is 226 Å². The van der Waals surface area contributed by atoms with Gasteiger partial charge in [-0.15, -0.1) is 0 Å². The Hall–Kier alpha value is -3.56. The number of amides is 2. The van der Waals surface area contributed by atoms with Crippen molar-refractivity contribution in [2.45, 2.75) is 25.8 Å². The molecule has 2 N–H and O–H groups in total. The minimum absolute atomic E-state index is 0.0439. The van der Waals surface area contributed by atoms with Gasteiger partial charge in [-0.1, -0.05) is 24.3 Å². The number of likely N-dealkylation sites (tertiary alicyclic amines) is 1. The van der Waals surface area contributed by atoms with Crippen LogP contribution in [-0.4, -0.2) is 73.6 Å². The van der Waals surface area contributed by atoms with E-state index in [0.717, 1.165) is 69.6 Å². The zero-order chi connectivity index (χ0) is 27.1. The number of fused-ring (bicyclic) bond motifs is 2. The van der Waals surface area contributed by atoms with Crippen molar-refractivity contribution in [1.29, 1.82) is 0 Å². The Morgan fingerprint density at radius 3 is 2.62 bits per heavy atom. The molecule has 204 valence electrons. The summed E-state index contributed by atoms with van der Waals surface area (Å²) in [6.45, 7) is 7.42. The number of morpholine rings is 1. The number of halogens is 2. The summed E-state index contributed by atoms with van der Waals surface area (Å²) >= 11 is 0. The van der Waals surface area contributed by atoms with E-state index in [9.17, 15) is 18.4 Å². The Bertz CT molecular complexity index is 1380. The van der Waals surface area contributed by atoms with E-state index in [-0.39, 0.29) is 29.3 Å². The van der Waals surface area contributed by atoms with Gasteiger partial charge < -0.3 is 20.3 Å². The smallest absolute Gasteiger partial charge is 0.256 e. The van der Waals surface area contributed by atoms with E-state index in [1.165, 1.54) is 12.1 Å². The highest BCUT2D eigenvalue weighted by atomic mass is 19.2. The summed E-state index contributed by atoms with van der Waals surface area (Å²) < 4.78 is 34.3. The average molecular weight is 535 g/mol. The van der Waals surface area contributed by atoms with Crippen molar-refractivity contribution in [1.82, 2.24) is 15.1 Å². The molecule has 4 heterocycles. The zero-order valence-corrected chi connectivity index (χ0v) is 21.9. The SMILES string of the molecule is CC1=C(/C=C2\C(=O)Nc3cccc(-c4cccc(F)c4F)c32)NC2CCCN(CCN3CCOCC3)C(=O)C12. The van der Waals surface area contributed by atoms with E-state index in [1.54, 1.807) is 24.3 Å².